The first kappa shape index (κ1) is 21.9. The molecule has 0 radical (unpaired) electrons. The summed E-state index contributed by atoms with van der Waals surface area (Å²) in [7, 11) is 0. The van der Waals surface area contributed by atoms with E-state index in [1.165, 1.54) is 17.0 Å². The van der Waals surface area contributed by atoms with Gasteiger partial charge >= 0.3 is 0 Å². The van der Waals surface area contributed by atoms with E-state index in [1.807, 2.05) is 13.0 Å². The van der Waals surface area contributed by atoms with Crippen LogP contribution < -0.4 is 5.32 Å². The summed E-state index contributed by atoms with van der Waals surface area (Å²) in [6.45, 7) is 4.54. The van der Waals surface area contributed by atoms with Gasteiger partial charge in [0.05, 0.1) is 6.42 Å². The van der Waals surface area contributed by atoms with Crippen LogP contribution in [0.3, 0.4) is 0 Å². The molecule has 0 fully saturated rings. The van der Waals surface area contributed by atoms with Gasteiger partial charge in [-0.15, -0.1) is 0 Å². The second-order valence-electron chi connectivity index (χ2n) is 6.74. The molecule has 0 bridgehead atoms. The predicted octanol–water partition coefficient (Wildman–Crippen LogP) is 4.36. The molecule has 2 amide bonds. The number of hydrogen-bond acceptors (Lipinski definition) is 2. The normalized spacial score (nSPS) is 11.7. The van der Waals surface area contributed by atoms with Gasteiger partial charge in [0, 0.05) is 18.1 Å². The summed E-state index contributed by atoms with van der Waals surface area (Å²) in [5.74, 6) is -0.762. The average molecular weight is 405 g/mol. The topological polar surface area (TPSA) is 49.4 Å². The summed E-state index contributed by atoms with van der Waals surface area (Å²) in [6.07, 6.45) is 1.94. The van der Waals surface area contributed by atoms with E-state index in [0.29, 0.717) is 17.1 Å². The van der Waals surface area contributed by atoms with E-state index >= 15 is 0 Å². The molecule has 0 heterocycles. The summed E-state index contributed by atoms with van der Waals surface area (Å²) >= 11 is 6.19. The first-order valence-electron chi connectivity index (χ1n) is 9.47. The fraction of sp³-hybridized carbons (Fsp3) is 0.364. The molecule has 0 aliphatic heterocycles. The number of carbonyl (C=O) groups is 2. The lowest BCUT2D eigenvalue weighted by molar-refractivity contribution is -0.140. The van der Waals surface area contributed by atoms with Crippen molar-refractivity contribution in [3.8, 4) is 0 Å². The van der Waals surface area contributed by atoms with Crippen molar-refractivity contribution in [1.29, 1.82) is 0 Å². The van der Waals surface area contributed by atoms with Crippen LogP contribution in [0.4, 0.5) is 4.39 Å². The number of halogens is 2. The third kappa shape index (κ3) is 6.34. The molecule has 2 aromatic rings. The first-order valence-corrected chi connectivity index (χ1v) is 9.85. The lowest BCUT2D eigenvalue weighted by Crippen LogP contribution is -2.48. The largest absolute Gasteiger partial charge is 0.354 e. The van der Waals surface area contributed by atoms with Crippen molar-refractivity contribution in [1.82, 2.24) is 10.2 Å². The summed E-state index contributed by atoms with van der Waals surface area (Å²) in [6, 6.07) is 12.4. The quantitative estimate of drug-likeness (QED) is 0.631. The molecule has 2 aromatic carbocycles. The molecule has 4 nitrogen and oxygen atoms in total. The number of rotatable bonds is 9. The molecule has 0 saturated carbocycles. The lowest BCUT2D eigenvalue weighted by Gasteiger charge is -2.29. The Kier molecular flexibility index (Phi) is 8.45. The molecule has 6 heteroatoms. The van der Waals surface area contributed by atoms with Gasteiger partial charge in [0.15, 0.2) is 0 Å². The maximum absolute atomic E-state index is 13.2. The highest BCUT2D eigenvalue weighted by molar-refractivity contribution is 6.31. The molecule has 1 atom stereocenters. The Hall–Kier alpha value is -2.40. The van der Waals surface area contributed by atoms with E-state index in [-0.39, 0.29) is 30.6 Å². The van der Waals surface area contributed by atoms with Crippen LogP contribution in [0.15, 0.2) is 48.5 Å². The molecule has 0 unspecified atom stereocenters. The van der Waals surface area contributed by atoms with Crippen molar-refractivity contribution in [3.05, 3.63) is 70.5 Å². The fourth-order valence-electron chi connectivity index (χ4n) is 2.81. The second kappa shape index (κ2) is 10.8. The molecule has 0 spiro atoms. The van der Waals surface area contributed by atoms with E-state index in [9.17, 15) is 14.0 Å². The third-order valence-corrected chi connectivity index (χ3v) is 4.93. The van der Waals surface area contributed by atoms with Crippen molar-refractivity contribution >= 4 is 23.4 Å². The number of unbranched alkanes of at least 4 members (excludes halogenated alkanes) is 1. The van der Waals surface area contributed by atoms with Crippen molar-refractivity contribution in [2.24, 2.45) is 0 Å². The Bertz CT molecular complexity index is 795. The summed E-state index contributed by atoms with van der Waals surface area (Å²) < 4.78 is 13.2. The zero-order valence-corrected chi connectivity index (χ0v) is 17.0. The number of carbonyl (C=O) groups excluding carboxylic acids is 2. The maximum Gasteiger partial charge on any atom is 0.242 e. The zero-order chi connectivity index (χ0) is 20.5. The molecule has 2 rings (SSSR count). The van der Waals surface area contributed by atoms with Gasteiger partial charge in [0.1, 0.15) is 11.9 Å². The zero-order valence-electron chi connectivity index (χ0n) is 16.3. The highest BCUT2D eigenvalue weighted by atomic mass is 35.5. The summed E-state index contributed by atoms with van der Waals surface area (Å²) in [5, 5.41) is 3.38. The third-order valence-electron chi connectivity index (χ3n) is 4.56. The van der Waals surface area contributed by atoms with Crippen molar-refractivity contribution in [3.63, 3.8) is 0 Å². The number of nitrogens with zero attached hydrogens (tertiary/aromatic N) is 1. The van der Waals surface area contributed by atoms with Crippen molar-refractivity contribution in [2.45, 2.75) is 45.7 Å². The van der Waals surface area contributed by atoms with Crippen molar-refractivity contribution < 1.29 is 14.0 Å². The van der Waals surface area contributed by atoms with Gasteiger partial charge in [-0.25, -0.2) is 4.39 Å². The molecule has 0 aliphatic rings. The van der Waals surface area contributed by atoms with Crippen LogP contribution in [0, 0.1) is 5.82 Å². The van der Waals surface area contributed by atoms with Gasteiger partial charge in [-0.05, 0) is 42.7 Å². The number of nitrogens with one attached hydrogen (secondary N) is 1. The molecule has 150 valence electrons. The van der Waals surface area contributed by atoms with Crippen LogP contribution >= 0.6 is 11.6 Å². The second-order valence-corrected chi connectivity index (χ2v) is 7.14. The van der Waals surface area contributed by atoms with Crippen LogP contribution in [-0.4, -0.2) is 29.3 Å². The molecule has 1 N–H and O–H groups in total. The van der Waals surface area contributed by atoms with Crippen molar-refractivity contribution in [2.75, 3.05) is 6.54 Å². The van der Waals surface area contributed by atoms with Gasteiger partial charge in [0.25, 0.3) is 0 Å². The van der Waals surface area contributed by atoms with Gasteiger partial charge in [-0.3, -0.25) is 9.59 Å². The van der Waals surface area contributed by atoms with Crippen LogP contribution in [0.1, 0.15) is 37.8 Å². The molecule has 0 aromatic heterocycles. The number of benzene rings is 2. The minimum Gasteiger partial charge on any atom is -0.354 e. The fourth-order valence-corrected chi connectivity index (χ4v) is 3.01. The summed E-state index contributed by atoms with van der Waals surface area (Å²) in [5.41, 5.74) is 1.46. The lowest BCUT2D eigenvalue weighted by atomic mass is 10.1. The Morgan fingerprint density at radius 3 is 2.46 bits per heavy atom. The highest BCUT2D eigenvalue weighted by Gasteiger charge is 2.26. The molecular weight excluding hydrogens is 379 g/mol. The van der Waals surface area contributed by atoms with E-state index in [1.54, 1.807) is 37.3 Å². The minimum absolute atomic E-state index is 0.0907. The Morgan fingerprint density at radius 2 is 1.82 bits per heavy atom. The average Bonchev–Trinajstić information content (AvgIpc) is 2.68. The van der Waals surface area contributed by atoms with E-state index in [2.05, 4.69) is 5.32 Å². The molecule has 0 saturated heterocycles. The highest BCUT2D eigenvalue weighted by Crippen LogP contribution is 2.18. The van der Waals surface area contributed by atoms with Crippen LogP contribution in [0.25, 0.3) is 0 Å². The molecular formula is C22H26ClFN2O2. The standard InChI is InChI=1S/C22H26ClFN2O2/c1-3-4-13-25-22(28)16(2)26(15-17-9-11-19(24)12-10-17)21(27)14-18-7-5-6-8-20(18)23/h5-12,16H,3-4,13-15H2,1-2H3,(H,25,28)/t16-/m1/s1. The maximum atomic E-state index is 13.2. The minimum atomic E-state index is -0.656. The van der Waals surface area contributed by atoms with Crippen LogP contribution in [0.2, 0.25) is 5.02 Å². The first-order chi connectivity index (χ1) is 13.4. The van der Waals surface area contributed by atoms with Gasteiger partial charge in [-0.1, -0.05) is 55.3 Å². The van der Waals surface area contributed by atoms with E-state index in [4.69, 9.17) is 11.6 Å². The number of hydrogen-bond donors (Lipinski definition) is 1. The van der Waals surface area contributed by atoms with Gasteiger partial charge in [-0.2, -0.15) is 0 Å². The smallest absolute Gasteiger partial charge is 0.242 e. The molecule has 28 heavy (non-hydrogen) atoms. The van der Waals surface area contributed by atoms with E-state index < -0.39 is 6.04 Å². The Labute approximate surface area is 170 Å². The predicted molar refractivity (Wildman–Crippen MR) is 109 cm³/mol. The Balaban J connectivity index is 2.18. The van der Waals surface area contributed by atoms with Crippen LogP contribution in [-0.2, 0) is 22.6 Å². The monoisotopic (exact) mass is 404 g/mol. The van der Waals surface area contributed by atoms with Crippen LogP contribution in [0.5, 0.6) is 0 Å². The SMILES string of the molecule is CCCCNC(=O)[C@@H](C)N(Cc1ccc(F)cc1)C(=O)Cc1ccccc1Cl. The van der Waals surface area contributed by atoms with E-state index in [0.717, 1.165) is 18.4 Å². The molecule has 0 aliphatic carbocycles. The van der Waals surface area contributed by atoms with Gasteiger partial charge in [0.2, 0.25) is 11.8 Å². The summed E-state index contributed by atoms with van der Waals surface area (Å²) in [4.78, 5) is 27.1. The Morgan fingerprint density at radius 1 is 1.14 bits per heavy atom. The van der Waals surface area contributed by atoms with Gasteiger partial charge < -0.3 is 10.2 Å². The number of amides is 2.